The minimum atomic E-state index is -0.958. The molecular weight excluding hydrogens is 351 g/mol. The molecule has 0 aliphatic rings. The quantitative estimate of drug-likeness (QED) is 0.711. The number of fused-ring (bicyclic) bond motifs is 1. The highest BCUT2D eigenvalue weighted by Gasteiger charge is 2.29. The lowest BCUT2D eigenvalue weighted by molar-refractivity contribution is 0.558. The highest BCUT2D eigenvalue weighted by Crippen LogP contribution is 2.31. The van der Waals surface area contributed by atoms with E-state index in [9.17, 15) is 14.4 Å². The lowest BCUT2D eigenvalue weighted by atomic mass is 9.78. The van der Waals surface area contributed by atoms with E-state index in [0.29, 0.717) is 28.6 Å². The van der Waals surface area contributed by atoms with Crippen LogP contribution in [0.4, 0.5) is 4.39 Å². The van der Waals surface area contributed by atoms with Crippen LogP contribution < -0.4 is 5.56 Å². The molecule has 0 aliphatic carbocycles. The van der Waals surface area contributed by atoms with E-state index < -0.39 is 11.2 Å². The Labute approximate surface area is 156 Å². The second-order valence-corrected chi connectivity index (χ2v) is 7.02. The van der Waals surface area contributed by atoms with Crippen LogP contribution in [-0.2, 0) is 18.3 Å². The maximum absolute atomic E-state index is 14.3. The Kier molecular flexibility index (Phi) is 4.84. The average Bonchev–Trinajstić information content (AvgIpc) is 2.64. The molecule has 1 atom stereocenters. The van der Waals surface area contributed by atoms with Crippen molar-refractivity contribution < 1.29 is 4.39 Å². The first-order chi connectivity index (χ1) is 12.4. The Hall–Kier alpha value is -2.64. The highest BCUT2D eigenvalue weighted by molar-refractivity contribution is 6.30. The van der Waals surface area contributed by atoms with Gasteiger partial charge < -0.3 is 4.98 Å². The van der Waals surface area contributed by atoms with Gasteiger partial charge in [0.15, 0.2) is 0 Å². The first-order valence-electron chi connectivity index (χ1n) is 8.38. The van der Waals surface area contributed by atoms with E-state index in [1.165, 1.54) is 6.07 Å². The molecule has 0 bridgehead atoms. The van der Waals surface area contributed by atoms with Crippen LogP contribution in [0.3, 0.4) is 0 Å². The zero-order chi connectivity index (χ0) is 18.9. The van der Waals surface area contributed by atoms with Crippen molar-refractivity contribution in [3.8, 4) is 6.07 Å². The summed E-state index contributed by atoms with van der Waals surface area (Å²) in [6, 6.07) is 14.5. The molecule has 1 unspecified atom stereocenters. The fourth-order valence-corrected chi connectivity index (χ4v) is 3.32. The van der Waals surface area contributed by atoms with Crippen molar-refractivity contribution in [2.75, 3.05) is 0 Å². The number of hydrogen-bond donors (Lipinski definition) is 1. The van der Waals surface area contributed by atoms with Crippen molar-refractivity contribution in [3.05, 3.63) is 80.3 Å². The first-order valence-corrected chi connectivity index (χ1v) is 8.76. The lowest BCUT2D eigenvalue weighted by Crippen LogP contribution is -2.23. The molecule has 1 aromatic heterocycles. The van der Waals surface area contributed by atoms with Crippen molar-refractivity contribution in [2.24, 2.45) is 0 Å². The Morgan fingerprint density at radius 1 is 1.23 bits per heavy atom. The van der Waals surface area contributed by atoms with Gasteiger partial charge in [-0.3, -0.25) is 4.79 Å². The van der Waals surface area contributed by atoms with Gasteiger partial charge in [0.2, 0.25) is 0 Å². The van der Waals surface area contributed by atoms with Gasteiger partial charge in [0, 0.05) is 11.1 Å². The first kappa shape index (κ1) is 18.2. The van der Waals surface area contributed by atoms with Gasteiger partial charge in [-0.15, -0.1) is 0 Å². The van der Waals surface area contributed by atoms with Crippen molar-refractivity contribution in [1.82, 2.24) is 4.98 Å². The number of halogens is 2. The largest absolute Gasteiger partial charge is 0.322 e. The van der Waals surface area contributed by atoms with Gasteiger partial charge in [0.25, 0.3) is 5.56 Å². The molecular formula is C21H18ClFN2O. The molecule has 0 aliphatic heterocycles. The highest BCUT2D eigenvalue weighted by atomic mass is 35.5. The van der Waals surface area contributed by atoms with Crippen LogP contribution in [0.2, 0.25) is 5.02 Å². The summed E-state index contributed by atoms with van der Waals surface area (Å²) in [5.41, 5.74) is 1.40. The summed E-state index contributed by atoms with van der Waals surface area (Å²) in [7, 11) is 0. The van der Waals surface area contributed by atoms with Crippen molar-refractivity contribution >= 4 is 22.5 Å². The summed E-state index contributed by atoms with van der Waals surface area (Å²) >= 11 is 5.86. The van der Waals surface area contributed by atoms with E-state index in [1.807, 2.05) is 25.1 Å². The van der Waals surface area contributed by atoms with Crippen LogP contribution >= 0.6 is 11.6 Å². The molecule has 5 heteroatoms. The van der Waals surface area contributed by atoms with Gasteiger partial charge in [0.05, 0.1) is 16.5 Å². The Morgan fingerprint density at radius 2 is 2.00 bits per heavy atom. The summed E-state index contributed by atoms with van der Waals surface area (Å²) in [4.78, 5) is 15.0. The number of hydrogen-bond acceptors (Lipinski definition) is 2. The SMILES string of the molecule is CCc1cc2ccc(C(C)(C#N)Cc3cccc(Cl)c3F)cc2[nH]c1=O. The molecule has 3 nitrogen and oxygen atoms in total. The Morgan fingerprint density at radius 3 is 2.69 bits per heavy atom. The molecule has 2 aromatic carbocycles. The molecule has 0 fully saturated rings. The van der Waals surface area contributed by atoms with Crippen molar-refractivity contribution in [2.45, 2.75) is 32.1 Å². The minimum Gasteiger partial charge on any atom is -0.322 e. The number of pyridine rings is 1. The number of benzene rings is 2. The van der Waals surface area contributed by atoms with E-state index in [1.54, 1.807) is 25.1 Å². The van der Waals surface area contributed by atoms with Crippen LogP contribution in [0.15, 0.2) is 47.3 Å². The average molecular weight is 369 g/mol. The van der Waals surface area contributed by atoms with Crippen LogP contribution in [0.1, 0.15) is 30.5 Å². The van der Waals surface area contributed by atoms with E-state index in [-0.39, 0.29) is 17.0 Å². The minimum absolute atomic E-state index is 0.0396. The molecule has 0 saturated carbocycles. The molecule has 0 radical (unpaired) electrons. The number of nitrogens with one attached hydrogen (secondary N) is 1. The zero-order valence-electron chi connectivity index (χ0n) is 14.6. The fourth-order valence-electron chi connectivity index (χ4n) is 3.12. The van der Waals surface area contributed by atoms with Gasteiger partial charge in [-0.05, 0) is 54.5 Å². The van der Waals surface area contributed by atoms with Gasteiger partial charge in [-0.1, -0.05) is 42.8 Å². The number of aromatic amines is 1. The zero-order valence-corrected chi connectivity index (χ0v) is 15.3. The standard InChI is InChI=1S/C21H18ClFN2O/c1-3-13-9-14-7-8-16(10-18(14)25-20(13)26)21(2,12-24)11-15-5-4-6-17(22)19(15)23/h4-10H,3,11H2,1-2H3,(H,25,26). The van der Waals surface area contributed by atoms with E-state index in [2.05, 4.69) is 11.1 Å². The van der Waals surface area contributed by atoms with Gasteiger partial charge in [-0.25, -0.2) is 4.39 Å². The van der Waals surface area contributed by atoms with Gasteiger partial charge in [0.1, 0.15) is 5.82 Å². The number of H-pyrrole nitrogens is 1. The van der Waals surface area contributed by atoms with Gasteiger partial charge in [-0.2, -0.15) is 5.26 Å². The Balaban J connectivity index is 2.08. The molecule has 0 amide bonds. The molecule has 1 N–H and O–H groups in total. The molecule has 3 aromatic rings. The summed E-state index contributed by atoms with van der Waals surface area (Å²) in [6.07, 6.45) is 0.829. The molecule has 132 valence electrons. The monoisotopic (exact) mass is 368 g/mol. The number of nitriles is 1. The molecule has 3 rings (SSSR count). The maximum Gasteiger partial charge on any atom is 0.251 e. The maximum atomic E-state index is 14.3. The third kappa shape index (κ3) is 3.23. The fraction of sp³-hybridized carbons (Fsp3) is 0.238. The third-order valence-electron chi connectivity index (χ3n) is 4.76. The van der Waals surface area contributed by atoms with Crippen molar-refractivity contribution in [1.29, 1.82) is 5.26 Å². The van der Waals surface area contributed by atoms with Crippen LogP contribution in [0.25, 0.3) is 10.9 Å². The van der Waals surface area contributed by atoms with Crippen LogP contribution in [0, 0.1) is 17.1 Å². The van der Waals surface area contributed by atoms with Crippen molar-refractivity contribution in [3.63, 3.8) is 0 Å². The lowest BCUT2D eigenvalue weighted by Gasteiger charge is -2.23. The van der Waals surface area contributed by atoms with E-state index in [4.69, 9.17) is 11.6 Å². The molecule has 0 saturated heterocycles. The molecule has 1 heterocycles. The second-order valence-electron chi connectivity index (χ2n) is 6.61. The van der Waals surface area contributed by atoms with Gasteiger partial charge >= 0.3 is 0 Å². The normalized spacial score (nSPS) is 13.3. The summed E-state index contributed by atoms with van der Waals surface area (Å²) < 4.78 is 14.3. The van der Waals surface area contributed by atoms with Crippen LogP contribution in [-0.4, -0.2) is 4.98 Å². The summed E-state index contributed by atoms with van der Waals surface area (Å²) in [5.74, 6) is -0.502. The molecule has 26 heavy (non-hydrogen) atoms. The molecule has 0 spiro atoms. The smallest absolute Gasteiger partial charge is 0.251 e. The summed E-state index contributed by atoms with van der Waals surface area (Å²) in [6.45, 7) is 3.68. The number of aromatic nitrogens is 1. The van der Waals surface area contributed by atoms with E-state index in [0.717, 1.165) is 5.39 Å². The number of aryl methyl sites for hydroxylation is 1. The summed E-state index contributed by atoms with van der Waals surface area (Å²) in [5, 5.41) is 10.7. The topological polar surface area (TPSA) is 56.6 Å². The predicted octanol–water partition coefficient (Wildman–Crippen LogP) is 4.91. The number of rotatable bonds is 4. The second kappa shape index (κ2) is 6.93. The number of nitrogens with zero attached hydrogens (tertiary/aromatic N) is 1. The predicted molar refractivity (Wildman–Crippen MR) is 102 cm³/mol. The van der Waals surface area contributed by atoms with E-state index >= 15 is 0 Å². The van der Waals surface area contributed by atoms with Crippen LogP contribution in [0.5, 0.6) is 0 Å². The Bertz CT molecular complexity index is 1080. The third-order valence-corrected chi connectivity index (χ3v) is 5.06.